The maximum Gasteiger partial charge on any atom is 0.235 e. The summed E-state index contributed by atoms with van der Waals surface area (Å²) in [5.41, 5.74) is -0.201. The van der Waals surface area contributed by atoms with Crippen molar-refractivity contribution in [1.82, 2.24) is 24.7 Å². The smallest absolute Gasteiger partial charge is 0.235 e. The number of aliphatic hydroxyl groups is 1. The van der Waals surface area contributed by atoms with E-state index in [2.05, 4.69) is 25.4 Å². The number of rotatable bonds is 7. The van der Waals surface area contributed by atoms with Crippen molar-refractivity contribution in [3.05, 3.63) is 65.2 Å². The van der Waals surface area contributed by atoms with Gasteiger partial charge in [-0.2, -0.15) is 5.10 Å². The summed E-state index contributed by atoms with van der Waals surface area (Å²) in [7, 11) is 0. The summed E-state index contributed by atoms with van der Waals surface area (Å²) in [6.45, 7) is 6.82. The quantitative estimate of drug-likeness (QED) is 0.366. The molecule has 4 aromatic rings. The Morgan fingerprint density at radius 1 is 1.16 bits per heavy atom. The summed E-state index contributed by atoms with van der Waals surface area (Å²) in [4.78, 5) is 39.7. The van der Waals surface area contributed by atoms with Crippen molar-refractivity contribution >= 4 is 28.5 Å². The van der Waals surface area contributed by atoms with E-state index in [0.717, 1.165) is 0 Å². The van der Waals surface area contributed by atoms with E-state index in [9.17, 15) is 19.1 Å². The predicted octanol–water partition coefficient (Wildman–Crippen LogP) is 4.04. The fourth-order valence-corrected chi connectivity index (χ4v) is 4.44. The SMILES string of the molecule is CC(C)(O)CCC(=O)c1nc(-c2nn(Cc3ccccc3F)c3ncccc23)nc2c1C(C)(C)C(=O)N2. The average molecular weight is 503 g/mol. The number of carbonyl (C=O) groups excluding carboxylic acids is 2. The minimum Gasteiger partial charge on any atom is -0.390 e. The van der Waals surface area contributed by atoms with Crippen LogP contribution < -0.4 is 5.32 Å². The van der Waals surface area contributed by atoms with Gasteiger partial charge >= 0.3 is 0 Å². The van der Waals surface area contributed by atoms with E-state index in [1.807, 2.05) is 0 Å². The van der Waals surface area contributed by atoms with Crippen LogP contribution in [0.15, 0.2) is 42.6 Å². The molecule has 1 aliphatic rings. The first-order valence-electron chi connectivity index (χ1n) is 12.0. The Morgan fingerprint density at radius 2 is 1.92 bits per heavy atom. The van der Waals surface area contributed by atoms with Gasteiger partial charge in [-0.15, -0.1) is 0 Å². The van der Waals surface area contributed by atoms with Crippen LogP contribution in [0, 0.1) is 5.82 Å². The number of carbonyl (C=O) groups is 2. The van der Waals surface area contributed by atoms with Crippen molar-refractivity contribution in [1.29, 1.82) is 0 Å². The molecule has 2 N–H and O–H groups in total. The second kappa shape index (κ2) is 8.81. The van der Waals surface area contributed by atoms with Crippen LogP contribution in [0.3, 0.4) is 0 Å². The molecule has 9 nitrogen and oxygen atoms in total. The highest BCUT2D eigenvalue weighted by Gasteiger charge is 2.44. The number of pyridine rings is 1. The second-order valence-corrected chi connectivity index (χ2v) is 10.4. The molecule has 0 fully saturated rings. The molecule has 0 saturated carbocycles. The molecular weight excluding hydrogens is 475 g/mol. The lowest BCUT2D eigenvalue weighted by Gasteiger charge is -2.19. The molecule has 0 spiro atoms. The van der Waals surface area contributed by atoms with Crippen LogP contribution >= 0.6 is 0 Å². The molecule has 190 valence electrons. The molecule has 1 amide bonds. The molecule has 0 bridgehead atoms. The highest BCUT2D eigenvalue weighted by Crippen LogP contribution is 2.40. The first-order chi connectivity index (χ1) is 17.5. The molecule has 1 aromatic carbocycles. The molecule has 0 radical (unpaired) electrons. The maximum absolute atomic E-state index is 14.4. The zero-order valence-electron chi connectivity index (χ0n) is 21.0. The van der Waals surface area contributed by atoms with Gasteiger partial charge in [0, 0.05) is 23.7 Å². The van der Waals surface area contributed by atoms with E-state index in [1.165, 1.54) is 6.07 Å². The molecule has 10 heteroatoms. The van der Waals surface area contributed by atoms with Crippen molar-refractivity contribution in [3.63, 3.8) is 0 Å². The topological polar surface area (TPSA) is 123 Å². The number of anilines is 1. The normalized spacial score (nSPS) is 14.6. The number of ketones is 1. The van der Waals surface area contributed by atoms with Gasteiger partial charge in [-0.25, -0.2) is 24.0 Å². The fraction of sp³-hybridized carbons (Fsp3) is 0.333. The van der Waals surface area contributed by atoms with Crippen molar-refractivity contribution < 1.29 is 19.1 Å². The number of benzene rings is 1. The second-order valence-electron chi connectivity index (χ2n) is 10.4. The van der Waals surface area contributed by atoms with Crippen LogP contribution in [-0.2, 0) is 16.8 Å². The molecule has 3 aromatic heterocycles. The third kappa shape index (κ3) is 4.48. The molecule has 1 aliphatic heterocycles. The Morgan fingerprint density at radius 3 is 2.65 bits per heavy atom. The lowest BCUT2D eigenvalue weighted by atomic mass is 9.84. The number of Topliss-reactive ketones (excluding diaryl/α,β-unsaturated/α-hetero) is 1. The first-order valence-corrected chi connectivity index (χ1v) is 12.0. The highest BCUT2D eigenvalue weighted by molar-refractivity contribution is 6.09. The van der Waals surface area contributed by atoms with Gasteiger partial charge in [-0.05, 0) is 52.3 Å². The Hall–Kier alpha value is -4.05. The number of nitrogens with zero attached hydrogens (tertiary/aromatic N) is 5. The molecule has 4 heterocycles. The average Bonchev–Trinajstić information content (AvgIpc) is 3.32. The third-order valence-electron chi connectivity index (χ3n) is 6.56. The summed E-state index contributed by atoms with van der Waals surface area (Å²) in [5, 5.41) is 18.2. The number of fused-ring (bicyclic) bond motifs is 2. The number of amides is 1. The van der Waals surface area contributed by atoms with Crippen molar-refractivity contribution in [3.8, 4) is 11.5 Å². The van der Waals surface area contributed by atoms with Gasteiger partial charge < -0.3 is 10.4 Å². The number of hydrogen-bond donors (Lipinski definition) is 2. The number of aromatic nitrogens is 5. The maximum atomic E-state index is 14.4. The van der Waals surface area contributed by atoms with Gasteiger partial charge in [0.15, 0.2) is 17.3 Å². The Bertz CT molecular complexity index is 1550. The lowest BCUT2D eigenvalue weighted by molar-refractivity contribution is -0.119. The Balaban J connectivity index is 1.66. The van der Waals surface area contributed by atoms with Crippen LogP contribution in [0.2, 0.25) is 0 Å². The van der Waals surface area contributed by atoms with E-state index >= 15 is 0 Å². The van der Waals surface area contributed by atoms with Crippen LogP contribution in [0.25, 0.3) is 22.6 Å². The summed E-state index contributed by atoms with van der Waals surface area (Å²) < 4.78 is 15.9. The zero-order valence-corrected chi connectivity index (χ0v) is 21.0. The van der Waals surface area contributed by atoms with Crippen LogP contribution in [0.1, 0.15) is 62.2 Å². The Labute approximate surface area is 212 Å². The van der Waals surface area contributed by atoms with Crippen molar-refractivity contribution in [2.45, 2.75) is 58.1 Å². The van der Waals surface area contributed by atoms with Gasteiger partial charge in [-0.1, -0.05) is 18.2 Å². The van der Waals surface area contributed by atoms with E-state index in [0.29, 0.717) is 27.9 Å². The molecule has 37 heavy (non-hydrogen) atoms. The summed E-state index contributed by atoms with van der Waals surface area (Å²) in [6, 6.07) is 9.97. The summed E-state index contributed by atoms with van der Waals surface area (Å²) in [6.07, 6.45) is 1.89. The van der Waals surface area contributed by atoms with E-state index in [1.54, 1.807) is 68.9 Å². The van der Waals surface area contributed by atoms with Gasteiger partial charge in [0.05, 0.1) is 22.9 Å². The molecule has 5 rings (SSSR count). The van der Waals surface area contributed by atoms with Gasteiger partial charge in [0.2, 0.25) is 5.91 Å². The van der Waals surface area contributed by atoms with Crippen molar-refractivity contribution in [2.75, 3.05) is 5.32 Å². The van der Waals surface area contributed by atoms with Crippen LogP contribution in [0.4, 0.5) is 10.2 Å². The molecule has 0 unspecified atom stereocenters. The minimum atomic E-state index is -1.04. The summed E-state index contributed by atoms with van der Waals surface area (Å²) in [5.74, 6) is -0.551. The van der Waals surface area contributed by atoms with E-state index in [4.69, 9.17) is 0 Å². The predicted molar refractivity (Wildman–Crippen MR) is 136 cm³/mol. The standard InChI is InChI=1S/C27H27FN6O3/c1-26(2,37)12-11-18(35)21-19-22(32-25(36)27(19,3)4)31-23(30-21)20-16-9-7-13-29-24(16)34(33-20)14-15-8-5-6-10-17(15)28/h5-10,13,37H,11-12,14H2,1-4H3,(H,30,31,32,36). The van der Waals surface area contributed by atoms with Gasteiger partial charge in [-0.3, -0.25) is 9.59 Å². The third-order valence-corrected chi connectivity index (χ3v) is 6.56. The van der Waals surface area contributed by atoms with E-state index in [-0.39, 0.29) is 54.2 Å². The largest absolute Gasteiger partial charge is 0.390 e. The molecule has 0 saturated heterocycles. The van der Waals surface area contributed by atoms with E-state index < -0.39 is 11.0 Å². The molecular formula is C27H27FN6O3. The number of nitrogens with one attached hydrogen (secondary N) is 1. The fourth-order valence-electron chi connectivity index (χ4n) is 4.44. The monoisotopic (exact) mass is 502 g/mol. The first kappa shape index (κ1) is 24.6. The Kier molecular flexibility index (Phi) is 5.86. The van der Waals surface area contributed by atoms with Gasteiger partial charge in [0.25, 0.3) is 0 Å². The zero-order chi connectivity index (χ0) is 26.5. The lowest BCUT2D eigenvalue weighted by Crippen LogP contribution is -2.29. The van der Waals surface area contributed by atoms with Crippen LogP contribution in [-0.4, -0.2) is 47.1 Å². The summed E-state index contributed by atoms with van der Waals surface area (Å²) >= 11 is 0. The highest BCUT2D eigenvalue weighted by atomic mass is 19.1. The minimum absolute atomic E-state index is 0.0424. The molecule has 0 atom stereocenters. The number of hydrogen-bond acceptors (Lipinski definition) is 7. The molecule has 0 aliphatic carbocycles. The van der Waals surface area contributed by atoms with Crippen LogP contribution in [0.5, 0.6) is 0 Å². The van der Waals surface area contributed by atoms with Gasteiger partial charge in [0.1, 0.15) is 23.0 Å². The van der Waals surface area contributed by atoms with Crippen molar-refractivity contribution in [2.24, 2.45) is 0 Å². The number of halogens is 1.